The van der Waals surface area contributed by atoms with E-state index in [1.165, 1.54) is 34.7 Å². The summed E-state index contributed by atoms with van der Waals surface area (Å²) >= 11 is 0. The molecule has 0 spiro atoms. The highest BCUT2D eigenvalue weighted by Gasteiger charge is 2.43. The van der Waals surface area contributed by atoms with E-state index in [0.717, 1.165) is 57.3 Å². The normalized spacial score (nSPS) is 25.1. The summed E-state index contributed by atoms with van der Waals surface area (Å²) in [7, 11) is 0. The first-order valence-corrected chi connectivity index (χ1v) is 12.7. The van der Waals surface area contributed by atoms with Crippen molar-refractivity contribution in [1.29, 1.82) is 0 Å². The zero-order valence-corrected chi connectivity index (χ0v) is 19.3. The molecule has 2 atom stereocenters. The van der Waals surface area contributed by atoms with Crippen LogP contribution in [0.15, 0.2) is 60.9 Å². The summed E-state index contributed by atoms with van der Waals surface area (Å²) < 4.78 is 0. The Bertz CT molecular complexity index is 1130. The molecule has 4 heterocycles. The maximum Gasteiger partial charge on any atom is 0.254 e. The van der Waals surface area contributed by atoms with Gasteiger partial charge in [0, 0.05) is 42.0 Å². The van der Waals surface area contributed by atoms with E-state index in [9.17, 15) is 4.79 Å². The quantitative estimate of drug-likeness (QED) is 0.530. The molecule has 3 saturated heterocycles. The van der Waals surface area contributed by atoms with Crippen molar-refractivity contribution in [2.45, 2.75) is 63.6 Å². The highest BCUT2D eigenvalue weighted by molar-refractivity contribution is 5.96. The number of piperidine rings is 1. The topological polar surface area (TPSA) is 36.4 Å². The molecule has 2 aromatic carbocycles. The van der Waals surface area contributed by atoms with Crippen LogP contribution in [-0.2, 0) is 13.0 Å². The minimum absolute atomic E-state index is 0.270. The van der Waals surface area contributed by atoms with E-state index in [1.807, 2.05) is 18.5 Å². The van der Waals surface area contributed by atoms with Crippen molar-refractivity contribution in [3.8, 4) is 0 Å². The number of nitrogens with zero attached hydrogens (tertiary/aromatic N) is 3. The number of aromatic nitrogens is 1. The van der Waals surface area contributed by atoms with E-state index >= 15 is 0 Å². The van der Waals surface area contributed by atoms with Gasteiger partial charge >= 0.3 is 0 Å². The van der Waals surface area contributed by atoms with Gasteiger partial charge in [-0.3, -0.25) is 14.7 Å². The van der Waals surface area contributed by atoms with Crippen molar-refractivity contribution in [2.75, 3.05) is 13.1 Å². The van der Waals surface area contributed by atoms with E-state index in [1.54, 1.807) is 0 Å². The van der Waals surface area contributed by atoms with Crippen molar-refractivity contribution < 1.29 is 4.79 Å². The number of hydrogen-bond donors (Lipinski definition) is 0. The van der Waals surface area contributed by atoms with Gasteiger partial charge in [-0.1, -0.05) is 36.4 Å². The molecule has 0 saturated carbocycles. The summed E-state index contributed by atoms with van der Waals surface area (Å²) in [4.78, 5) is 22.8. The molecule has 3 aliphatic rings. The van der Waals surface area contributed by atoms with E-state index in [4.69, 9.17) is 0 Å². The van der Waals surface area contributed by atoms with Gasteiger partial charge in [0.1, 0.15) is 0 Å². The molecule has 2 bridgehead atoms. The number of hydrogen-bond acceptors (Lipinski definition) is 3. The summed E-state index contributed by atoms with van der Waals surface area (Å²) in [5.41, 5.74) is 3.56. The maximum atomic E-state index is 13.8. The van der Waals surface area contributed by atoms with Gasteiger partial charge in [0.2, 0.25) is 0 Å². The number of carbonyl (C=O) groups excluding carboxylic acids is 1. The van der Waals surface area contributed by atoms with Crippen molar-refractivity contribution in [1.82, 2.24) is 14.8 Å². The number of benzene rings is 2. The van der Waals surface area contributed by atoms with E-state index < -0.39 is 0 Å². The van der Waals surface area contributed by atoms with Gasteiger partial charge in [0.25, 0.3) is 5.91 Å². The van der Waals surface area contributed by atoms with Gasteiger partial charge in [-0.2, -0.15) is 0 Å². The molecule has 6 rings (SSSR count). The van der Waals surface area contributed by atoms with Crippen LogP contribution in [-0.4, -0.2) is 45.9 Å². The molecule has 0 radical (unpaired) electrons. The monoisotopic (exact) mass is 439 g/mol. The molecule has 33 heavy (non-hydrogen) atoms. The van der Waals surface area contributed by atoms with Crippen LogP contribution in [0, 0.1) is 5.92 Å². The van der Waals surface area contributed by atoms with Gasteiger partial charge < -0.3 is 4.90 Å². The van der Waals surface area contributed by atoms with E-state index in [-0.39, 0.29) is 5.91 Å². The minimum atomic E-state index is 0.270. The van der Waals surface area contributed by atoms with Crippen LogP contribution >= 0.6 is 0 Å². The first-order valence-electron chi connectivity index (χ1n) is 12.7. The highest BCUT2D eigenvalue weighted by Crippen LogP contribution is 2.41. The van der Waals surface area contributed by atoms with Gasteiger partial charge in [0.05, 0.1) is 0 Å². The Morgan fingerprint density at radius 1 is 0.909 bits per heavy atom. The fourth-order valence-corrected chi connectivity index (χ4v) is 6.65. The first-order chi connectivity index (χ1) is 16.3. The lowest BCUT2D eigenvalue weighted by molar-refractivity contribution is 0.0523. The molecule has 4 nitrogen and oxygen atoms in total. The third-order valence-electron chi connectivity index (χ3n) is 8.19. The molecule has 3 fully saturated rings. The molecular weight excluding hydrogens is 406 g/mol. The van der Waals surface area contributed by atoms with Crippen molar-refractivity contribution in [3.63, 3.8) is 0 Å². The zero-order chi connectivity index (χ0) is 22.2. The fourth-order valence-electron chi connectivity index (χ4n) is 6.65. The highest BCUT2D eigenvalue weighted by atomic mass is 16.2. The molecule has 0 N–H and O–H groups in total. The Labute approximate surface area is 196 Å². The molecule has 1 amide bonds. The molecule has 170 valence electrons. The first kappa shape index (κ1) is 20.9. The molecular formula is C29H33N3O. The number of rotatable bonds is 5. The predicted molar refractivity (Wildman–Crippen MR) is 132 cm³/mol. The second kappa shape index (κ2) is 8.90. The average molecular weight is 440 g/mol. The summed E-state index contributed by atoms with van der Waals surface area (Å²) in [6, 6.07) is 17.8. The van der Waals surface area contributed by atoms with E-state index in [0.29, 0.717) is 18.0 Å². The third kappa shape index (κ3) is 4.06. The fraction of sp³-hybridized carbons (Fsp3) is 0.448. The second-order valence-corrected chi connectivity index (χ2v) is 10.3. The van der Waals surface area contributed by atoms with Crippen LogP contribution in [0.5, 0.6) is 0 Å². The van der Waals surface area contributed by atoms with Gasteiger partial charge in [-0.05, 0) is 92.6 Å². The van der Waals surface area contributed by atoms with Crippen molar-refractivity contribution in [3.05, 3.63) is 77.6 Å². The van der Waals surface area contributed by atoms with Crippen LogP contribution in [0.25, 0.3) is 10.8 Å². The number of fused-ring (bicyclic) bond motifs is 3. The van der Waals surface area contributed by atoms with E-state index in [2.05, 4.69) is 57.2 Å². The number of carbonyl (C=O) groups is 1. The van der Waals surface area contributed by atoms with Gasteiger partial charge in [0.15, 0.2) is 0 Å². The average Bonchev–Trinajstić information content (AvgIpc) is 3.45. The smallest absolute Gasteiger partial charge is 0.254 e. The lowest BCUT2D eigenvalue weighted by atomic mass is 9.84. The van der Waals surface area contributed by atoms with Crippen LogP contribution in [0.1, 0.15) is 60.0 Å². The molecule has 0 aliphatic carbocycles. The molecule has 2 unspecified atom stereocenters. The summed E-state index contributed by atoms with van der Waals surface area (Å²) in [6.07, 6.45) is 12.1. The summed E-state index contributed by atoms with van der Waals surface area (Å²) in [6.45, 7) is 3.22. The molecule has 3 aliphatic heterocycles. The lowest BCUT2D eigenvalue weighted by Crippen LogP contribution is -2.47. The molecule has 4 heteroatoms. The predicted octanol–water partition coefficient (Wildman–Crippen LogP) is 5.46. The Morgan fingerprint density at radius 3 is 2.48 bits per heavy atom. The summed E-state index contributed by atoms with van der Waals surface area (Å²) in [5.74, 6) is 0.914. The van der Waals surface area contributed by atoms with Gasteiger partial charge in [-0.15, -0.1) is 0 Å². The Kier molecular flexibility index (Phi) is 5.63. The Balaban J connectivity index is 1.19. The van der Waals surface area contributed by atoms with Crippen LogP contribution in [0.3, 0.4) is 0 Å². The Morgan fingerprint density at radius 2 is 1.67 bits per heavy atom. The van der Waals surface area contributed by atoms with Crippen molar-refractivity contribution in [2.24, 2.45) is 5.92 Å². The van der Waals surface area contributed by atoms with Crippen molar-refractivity contribution >= 4 is 16.7 Å². The minimum Gasteiger partial charge on any atom is -0.333 e. The van der Waals surface area contributed by atoms with Gasteiger partial charge in [-0.25, -0.2) is 0 Å². The lowest BCUT2D eigenvalue weighted by Gasteiger charge is -2.39. The van der Waals surface area contributed by atoms with Crippen LogP contribution < -0.4 is 0 Å². The van der Waals surface area contributed by atoms with Crippen LogP contribution in [0.4, 0.5) is 0 Å². The standard InChI is InChI=1S/C29H33N3O/c33-29(28-9-2-1-6-24(28)20-31-14-3-4-15-31)32-25-10-11-26(32)18-21(17-25)16-22-7-5-8-23-19-30-13-12-27(22)23/h1-2,5-9,12-13,19,21,25-26H,3-4,10-11,14-18,20H2. The number of pyridine rings is 1. The zero-order valence-electron chi connectivity index (χ0n) is 19.3. The molecule has 1 aromatic heterocycles. The number of likely N-dealkylation sites (tertiary alicyclic amines) is 1. The number of amides is 1. The summed E-state index contributed by atoms with van der Waals surface area (Å²) in [5, 5.41) is 2.55. The maximum absolute atomic E-state index is 13.8. The third-order valence-corrected chi connectivity index (χ3v) is 8.19. The second-order valence-electron chi connectivity index (χ2n) is 10.3. The molecule has 3 aromatic rings. The van der Waals surface area contributed by atoms with Crippen LogP contribution in [0.2, 0.25) is 0 Å². The largest absolute Gasteiger partial charge is 0.333 e. The SMILES string of the molecule is O=C(c1ccccc1CN1CCCC1)N1C2CCC1CC(Cc1cccc3cnccc13)C2. The Hall–Kier alpha value is -2.72.